The molecule has 4 rings (SSSR count). The summed E-state index contributed by atoms with van der Waals surface area (Å²) in [4.78, 5) is 7.22. The van der Waals surface area contributed by atoms with Crippen LogP contribution in [0.5, 0.6) is 0 Å². The molecule has 2 aromatic rings. The second-order valence-electron chi connectivity index (χ2n) is 9.23. The van der Waals surface area contributed by atoms with Crippen molar-refractivity contribution in [2.75, 3.05) is 18.8 Å². The van der Waals surface area contributed by atoms with Crippen molar-refractivity contribution in [3.8, 4) is 0 Å². The number of anilines is 1. The van der Waals surface area contributed by atoms with E-state index in [4.69, 9.17) is 5.73 Å². The van der Waals surface area contributed by atoms with Crippen molar-refractivity contribution in [2.24, 2.45) is 5.41 Å². The van der Waals surface area contributed by atoms with E-state index in [-0.39, 0.29) is 0 Å². The standard InChI is InChI=1S/C25H35N3/c1-3-4-5-7-22-15-23(19(2)27-24(22)26)14-20-8-10-21(11-9-20)16-28-17-25(18-28)12-6-13-25/h8-11,15H,3-7,12-14,16-18H2,1-2H3,(H2,26,27). The molecule has 150 valence electrons. The van der Waals surface area contributed by atoms with Crippen molar-refractivity contribution in [3.63, 3.8) is 0 Å². The first-order valence-corrected chi connectivity index (χ1v) is 11.1. The van der Waals surface area contributed by atoms with Crippen LogP contribution in [0.1, 0.15) is 73.4 Å². The Morgan fingerprint density at radius 3 is 2.39 bits per heavy atom. The SMILES string of the molecule is CCCCCc1cc(Cc2ccc(CN3CC4(CCC4)C3)cc2)c(C)nc1N. The van der Waals surface area contributed by atoms with Gasteiger partial charge in [0.05, 0.1) is 0 Å². The second kappa shape index (κ2) is 8.24. The summed E-state index contributed by atoms with van der Waals surface area (Å²) >= 11 is 0. The van der Waals surface area contributed by atoms with Gasteiger partial charge in [-0.25, -0.2) is 4.98 Å². The Morgan fingerprint density at radius 2 is 1.75 bits per heavy atom. The van der Waals surface area contributed by atoms with Gasteiger partial charge in [0.2, 0.25) is 0 Å². The highest BCUT2D eigenvalue weighted by Gasteiger charge is 2.46. The number of unbranched alkanes of at least 4 members (excludes halogenated alkanes) is 2. The summed E-state index contributed by atoms with van der Waals surface area (Å²) in [6.45, 7) is 8.04. The number of likely N-dealkylation sites (tertiary alicyclic amines) is 1. The molecule has 0 amide bonds. The number of aryl methyl sites for hydroxylation is 2. The van der Waals surface area contributed by atoms with E-state index < -0.39 is 0 Å². The van der Waals surface area contributed by atoms with E-state index in [1.165, 1.54) is 73.9 Å². The molecule has 1 saturated carbocycles. The average Bonchev–Trinajstić information content (AvgIpc) is 2.61. The molecule has 1 spiro atoms. The maximum atomic E-state index is 6.17. The Hall–Kier alpha value is -1.87. The number of nitrogen functional groups attached to an aromatic ring is 1. The van der Waals surface area contributed by atoms with E-state index in [1.54, 1.807) is 0 Å². The molecule has 2 fully saturated rings. The predicted octanol–water partition coefficient (Wildman–Crippen LogP) is 5.28. The van der Waals surface area contributed by atoms with Gasteiger partial charge in [-0.1, -0.05) is 56.5 Å². The lowest BCUT2D eigenvalue weighted by molar-refractivity contribution is -0.0645. The minimum atomic E-state index is 0.714. The van der Waals surface area contributed by atoms with Gasteiger partial charge in [0.15, 0.2) is 0 Å². The number of aromatic nitrogens is 1. The van der Waals surface area contributed by atoms with Crippen molar-refractivity contribution in [1.82, 2.24) is 9.88 Å². The van der Waals surface area contributed by atoms with E-state index in [1.807, 2.05) is 0 Å². The number of benzene rings is 1. The molecule has 2 N–H and O–H groups in total. The lowest BCUT2D eigenvalue weighted by Crippen LogP contribution is -2.58. The smallest absolute Gasteiger partial charge is 0.126 e. The first-order chi connectivity index (χ1) is 13.6. The maximum Gasteiger partial charge on any atom is 0.126 e. The molecule has 0 bridgehead atoms. The predicted molar refractivity (Wildman–Crippen MR) is 117 cm³/mol. The fraction of sp³-hybridized carbons (Fsp3) is 0.560. The van der Waals surface area contributed by atoms with Gasteiger partial charge in [-0.15, -0.1) is 0 Å². The van der Waals surface area contributed by atoms with Crippen molar-refractivity contribution in [1.29, 1.82) is 0 Å². The fourth-order valence-electron chi connectivity index (χ4n) is 4.91. The molecular formula is C25H35N3. The molecular weight excluding hydrogens is 342 g/mol. The molecule has 0 atom stereocenters. The molecule has 1 aliphatic carbocycles. The number of hydrogen-bond donors (Lipinski definition) is 1. The Morgan fingerprint density at radius 1 is 1.04 bits per heavy atom. The van der Waals surface area contributed by atoms with Crippen LogP contribution in [0.15, 0.2) is 30.3 Å². The van der Waals surface area contributed by atoms with Crippen LogP contribution in [0.2, 0.25) is 0 Å². The van der Waals surface area contributed by atoms with Crippen LogP contribution in [0.25, 0.3) is 0 Å². The minimum Gasteiger partial charge on any atom is -0.383 e. The van der Waals surface area contributed by atoms with Crippen LogP contribution >= 0.6 is 0 Å². The molecule has 2 aliphatic rings. The molecule has 0 radical (unpaired) electrons. The normalized spacial score (nSPS) is 18.1. The van der Waals surface area contributed by atoms with Crippen molar-refractivity contribution >= 4 is 5.82 Å². The summed E-state index contributed by atoms with van der Waals surface area (Å²) in [7, 11) is 0. The summed E-state index contributed by atoms with van der Waals surface area (Å²) < 4.78 is 0. The third-order valence-corrected chi connectivity index (χ3v) is 6.84. The molecule has 1 aliphatic heterocycles. The fourth-order valence-corrected chi connectivity index (χ4v) is 4.91. The van der Waals surface area contributed by atoms with E-state index >= 15 is 0 Å². The zero-order valence-corrected chi connectivity index (χ0v) is 17.6. The van der Waals surface area contributed by atoms with Gasteiger partial charge in [0.25, 0.3) is 0 Å². The Bertz CT molecular complexity index is 797. The van der Waals surface area contributed by atoms with E-state index in [9.17, 15) is 0 Å². The third kappa shape index (κ3) is 4.25. The number of nitrogens with zero attached hydrogens (tertiary/aromatic N) is 2. The first-order valence-electron chi connectivity index (χ1n) is 11.1. The van der Waals surface area contributed by atoms with E-state index in [2.05, 4.69) is 54.1 Å². The van der Waals surface area contributed by atoms with E-state index in [0.717, 1.165) is 25.1 Å². The molecule has 1 aromatic carbocycles. The van der Waals surface area contributed by atoms with Crippen LogP contribution in [-0.4, -0.2) is 23.0 Å². The topological polar surface area (TPSA) is 42.2 Å². The summed E-state index contributed by atoms with van der Waals surface area (Å²) in [6, 6.07) is 11.5. The van der Waals surface area contributed by atoms with Crippen LogP contribution in [-0.2, 0) is 19.4 Å². The highest BCUT2D eigenvalue weighted by Crippen LogP contribution is 2.48. The quantitative estimate of drug-likeness (QED) is 0.636. The Kier molecular flexibility index (Phi) is 5.73. The Balaban J connectivity index is 1.36. The molecule has 28 heavy (non-hydrogen) atoms. The maximum absolute atomic E-state index is 6.17. The molecule has 1 aromatic heterocycles. The van der Waals surface area contributed by atoms with E-state index in [0.29, 0.717) is 11.2 Å². The number of pyridine rings is 1. The lowest BCUT2D eigenvalue weighted by atomic mass is 9.63. The van der Waals surface area contributed by atoms with Gasteiger partial charge >= 0.3 is 0 Å². The zero-order valence-electron chi connectivity index (χ0n) is 17.6. The van der Waals surface area contributed by atoms with Gasteiger partial charge in [0.1, 0.15) is 5.82 Å². The van der Waals surface area contributed by atoms with Gasteiger partial charge < -0.3 is 5.73 Å². The monoisotopic (exact) mass is 377 g/mol. The van der Waals surface area contributed by atoms with Gasteiger partial charge in [0, 0.05) is 25.3 Å². The van der Waals surface area contributed by atoms with Crippen molar-refractivity contribution < 1.29 is 0 Å². The van der Waals surface area contributed by atoms with Crippen LogP contribution in [0.4, 0.5) is 5.82 Å². The lowest BCUT2D eigenvalue weighted by Gasteiger charge is -2.56. The number of hydrogen-bond acceptors (Lipinski definition) is 3. The first kappa shape index (κ1) is 19.4. The molecule has 3 heteroatoms. The highest BCUT2D eigenvalue weighted by atomic mass is 15.2. The molecule has 0 unspecified atom stereocenters. The molecule has 2 heterocycles. The van der Waals surface area contributed by atoms with Gasteiger partial charge in [-0.05, 0) is 66.7 Å². The number of nitrogens with two attached hydrogens (primary N) is 1. The Labute approximate surface area is 170 Å². The largest absolute Gasteiger partial charge is 0.383 e. The second-order valence-corrected chi connectivity index (χ2v) is 9.23. The van der Waals surface area contributed by atoms with Crippen LogP contribution < -0.4 is 5.73 Å². The summed E-state index contributed by atoms with van der Waals surface area (Å²) in [5.41, 5.74) is 13.3. The van der Waals surface area contributed by atoms with Gasteiger partial charge in [-0.2, -0.15) is 0 Å². The molecule has 3 nitrogen and oxygen atoms in total. The van der Waals surface area contributed by atoms with Crippen LogP contribution in [0, 0.1) is 12.3 Å². The van der Waals surface area contributed by atoms with Crippen molar-refractivity contribution in [2.45, 2.75) is 71.8 Å². The highest BCUT2D eigenvalue weighted by molar-refractivity contribution is 5.45. The summed E-state index contributed by atoms with van der Waals surface area (Å²) in [5.74, 6) is 0.714. The third-order valence-electron chi connectivity index (χ3n) is 6.84. The average molecular weight is 378 g/mol. The number of rotatable bonds is 8. The summed E-state index contributed by atoms with van der Waals surface area (Å²) in [6.07, 6.45) is 10.0. The van der Waals surface area contributed by atoms with Gasteiger partial charge in [-0.3, -0.25) is 4.90 Å². The van der Waals surface area contributed by atoms with Crippen LogP contribution in [0.3, 0.4) is 0 Å². The minimum absolute atomic E-state index is 0.714. The molecule has 1 saturated heterocycles. The summed E-state index contributed by atoms with van der Waals surface area (Å²) in [5, 5.41) is 0. The van der Waals surface area contributed by atoms with Crippen molar-refractivity contribution in [3.05, 3.63) is 58.3 Å². The zero-order chi connectivity index (χ0) is 19.6.